The van der Waals surface area contributed by atoms with Gasteiger partial charge in [-0.2, -0.15) is 0 Å². The standard InChI is InChI=1S/C19H17ClN4/c1-10(2)11-6-7-15-14(9-11)17-18(22-15)16(23-19(21)24-17)12-4-3-5-13(20)8-12/h3-10,22H,1-2H3,(H2,21,23,24). The maximum Gasteiger partial charge on any atom is 0.221 e. The number of nitrogens with zero attached hydrogens (tertiary/aromatic N) is 2. The molecule has 2 aromatic heterocycles. The molecule has 0 aliphatic carbocycles. The Kier molecular flexibility index (Phi) is 3.43. The third-order valence-corrected chi connectivity index (χ3v) is 4.48. The summed E-state index contributed by atoms with van der Waals surface area (Å²) in [5, 5.41) is 1.73. The van der Waals surface area contributed by atoms with Crippen LogP contribution in [0.25, 0.3) is 33.2 Å². The summed E-state index contributed by atoms with van der Waals surface area (Å²) in [5.41, 5.74) is 11.7. The second-order valence-electron chi connectivity index (χ2n) is 6.25. The smallest absolute Gasteiger partial charge is 0.221 e. The Balaban J connectivity index is 2.07. The number of nitrogen functional groups attached to an aromatic ring is 1. The molecule has 0 amide bonds. The van der Waals surface area contributed by atoms with Gasteiger partial charge in [0.05, 0.1) is 5.52 Å². The summed E-state index contributed by atoms with van der Waals surface area (Å²) in [5.74, 6) is 0.708. The molecule has 3 N–H and O–H groups in total. The lowest BCUT2D eigenvalue weighted by Gasteiger charge is -2.05. The summed E-state index contributed by atoms with van der Waals surface area (Å²) in [6.07, 6.45) is 0. The number of benzene rings is 2. The quantitative estimate of drug-likeness (QED) is 0.532. The molecule has 0 radical (unpaired) electrons. The van der Waals surface area contributed by atoms with Gasteiger partial charge in [0, 0.05) is 21.5 Å². The third-order valence-electron chi connectivity index (χ3n) is 4.25. The SMILES string of the molecule is CC(C)c1ccc2[nH]c3c(-c4cccc(Cl)c4)nc(N)nc3c2c1. The Hall–Kier alpha value is -2.59. The van der Waals surface area contributed by atoms with Crippen LogP contribution in [0.4, 0.5) is 5.95 Å². The number of H-pyrrole nitrogens is 1. The molecule has 2 heterocycles. The highest BCUT2D eigenvalue weighted by atomic mass is 35.5. The average Bonchev–Trinajstić information content (AvgIpc) is 2.91. The molecule has 0 fully saturated rings. The summed E-state index contributed by atoms with van der Waals surface area (Å²) in [6, 6.07) is 14.0. The van der Waals surface area contributed by atoms with Gasteiger partial charge >= 0.3 is 0 Å². The molecule has 0 aliphatic rings. The third kappa shape index (κ3) is 2.39. The maximum atomic E-state index is 6.14. The molecule has 0 aliphatic heterocycles. The summed E-state index contributed by atoms with van der Waals surface area (Å²) < 4.78 is 0. The summed E-state index contributed by atoms with van der Waals surface area (Å²) in [6.45, 7) is 4.35. The van der Waals surface area contributed by atoms with Crippen LogP contribution >= 0.6 is 11.6 Å². The lowest BCUT2D eigenvalue weighted by atomic mass is 10.0. The zero-order chi connectivity index (χ0) is 16.8. The number of halogens is 1. The molecule has 4 rings (SSSR count). The number of hydrogen-bond acceptors (Lipinski definition) is 3. The van der Waals surface area contributed by atoms with E-state index in [0.717, 1.165) is 33.2 Å². The van der Waals surface area contributed by atoms with Crippen molar-refractivity contribution in [3.05, 3.63) is 53.1 Å². The molecule has 0 saturated heterocycles. The van der Waals surface area contributed by atoms with Gasteiger partial charge in [-0.05, 0) is 35.7 Å². The van der Waals surface area contributed by atoms with Crippen LogP contribution in [-0.4, -0.2) is 15.0 Å². The second-order valence-corrected chi connectivity index (χ2v) is 6.69. The molecule has 0 atom stereocenters. The van der Waals surface area contributed by atoms with Crippen molar-refractivity contribution < 1.29 is 0 Å². The molecule has 5 heteroatoms. The van der Waals surface area contributed by atoms with Gasteiger partial charge in [0.15, 0.2) is 0 Å². The first-order valence-electron chi connectivity index (χ1n) is 7.87. The molecule has 0 bridgehead atoms. The molecule has 2 aromatic carbocycles. The van der Waals surface area contributed by atoms with Gasteiger partial charge in [-0.3, -0.25) is 0 Å². The van der Waals surface area contributed by atoms with E-state index in [4.69, 9.17) is 17.3 Å². The fourth-order valence-electron chi connectivity index (χ4n) is 3.00. The Morgan fingerprint density at radius 2 is 1.92 bits per heavy atom. The van der Waals surface area contributed by atoms with Gasteiger partial charge in [0.1, 0.15) is 11.2 Å². The van der Waals surface area contributed by atoms with Crippen LogP contribution in [0.5, 0.6) is 0 Å². The highest BCUT2D eigenvalue weighted by Crippen LogP contribution is 2.33. The Bertz CT molecular complexity index is 1070. The van der Waals surface area contributed by atoms with Gasteiger partial charge < -0.3 is 10.7 Å². The van der Waals surface area contributed by atoms with Crippen molar-refractivity contribution in [3.63, 3.8) is 0 Å². The van der Waals surface area contributed by atoms with E-state index in [1.165, 1.54) is 5.56 Å². The van der Waals surface area contributed by atoms with E-state index in [9.17, 15) is 0 Å². The van der Waals surface area contributed by atoms with Crippen LogP contribution in [-0.2, 0) is 0 Å². The van der Waals surface area contributed by atoms with Crippen molar-refractivity contribution in [2.24, 2.45) is 0 Å². The molecule has 0 saturated carbocycles. The zero-order valence-electron chi connectivity index (χ0n) is 13.5. The lowest BCUT2D eigenvalue weighted by Crippen LogP contribution is -1.97. The number of anilines is 1. The van der Waals surface area contributed by atoms with Gasteiger partial charge in [-0.15, -0.1) is 0 Å². The zero-order valence-corrected chi connectivity index (χ0v) is 14.2. The number of fused-ring (bicyclic) bond motifs is 3. The van der Waals surface area contributed by atoms with Crippen LogP contribution in [0, 0.1) is 0 Å². The molecule has 4 aromatic rings. The largest absolute Gasteiger partial charge is 0.368 e. The first-order chi connectivity index (χ1) is 11.5. The highest BCUT2D eigenvalue weighted by molar-refractivity contribution is 6.30. The van der Waals surface area contributed by atoms with Gasteiger partial charge in [0.2, 0.25) is 5.95 Å². The van der Waals surface area contributed by atoms with Crippen molar-refractivity contribution in [2.75, 3.05) is 5.73 Å². The molecule has 24 heavy (non-hydrogen) atoms. The minimum Gasteiger partial charge on any atom is -0.368 e. The van der Waals surface area contributed by atoms with Crippen LogP contribution in [0.15, 0.2) is 42.5 Å². The van der Waals surface area contributed by atoms with Crippen LogP contribution in [0.1, 0.15) is 25.3 Å². The lowest BCUT2D eigenvalue weighted by molar-refractivity contribution is 0.869. The number of hydrogen-bond donors (Lipinski definition) is 2. The summed E-state index contributed by atoms with van der Waals surface area (Å²) in [7, 11) is 0. The van der Waals surface area contributed by atoms with E-state index in [1.54, 1.807) is 0 Å². The van der Waals surface area contributed by atoms with Crippen LogP contribution < -0.4 is 5.73 Å². The molecule has 0 spiro atoms. The number of nitrogens with one attached hydrogen (secondary N) is 1. The van der Waals surface area contributed by atoms with E-state index >= 15 is 0 Å². The fraction of sp³-hybridized carbons (Fsp3) is 0.158. The average molecular weight is 337 g/mol. The molecule has 4 nitrogen and oxygen atoms in total. The van der Waals surface area contributed by atoms with Crippen molar-refractivity contribution in [1.29, 1.82) is 0 Å². The highest BCUT2D eigenvalue weighted by Gasteiger charge is 2.15. The van der Waals surface area contributed by atoms with E-state index < -0.39 is 0 Å². The molecule has 0 unspecified atom stereocenters. The first kappa shape index (κ1) is 15.0. The number of rotatable bonds is 2. The minimum absolute atomic E-state index is 0.258. The topological polar surface area (TPSA) is 67.6 Å². The normalized spacial score (nSPS) is 11.7. The monoisotopic (exact) mass is 336 g/mol. The van der Waals surface area contributed by atoms with Gasteiger partial charge in [0.25, 0.3) is 0 Å². The number of nitrogens with two attached hydrogens (primary N) is 1. The first-order valence-corrected chi connectivity index (χ1v) is 8.25. The predicted molar refractivity (Wildman–Crippen MR) is 100 cm³/mol. The maximum absolute atomic E-state index is 6.14. The van der Waals surface area contributed by atoms with Crippen LogP contribution in [0.3, 0.4) is 0 Å². The van der Waals surface area contributed by atoms with Crippen molar-refractivity contribution in [3.8, 4) is 11.3 Å². The van der Waals surface area contributed by atoms with Gasteiger partial charge in [-0.25, -0.2) is 9.97 Å². The van der Waals surface area contributed by atoms with Crippen molar-refractivity contribution in [2.45, 2.75) is 19.8 Å². The van der Waals surface area contributed by atoms with Crippen molar-refractivity contribution >= 4 is 39.5 Å². The predicted octanol–water partition coefficient (Wildman–Crippen LogP) is 5.14. The Morgan fingerprint density at radius 1 is 1.08 bits per heavy atom. The van der Waals surface area contributed by atoms with E-state index in [-0.39, 0.29) is 5.95 Å². The molecular formula is C19H17ClN4. The Labute approximate surface area is 144 Å². The van der Waals surface area contributed by atoms with E-state index in [0.29, 0.717) is 10.9 Å². The molecule has 120 valence electrons. The van der Waals surface area contributed by atoms with Gasteiger partial charge in [-0.1, -0.05) is 43.6 Å². The number of aromatic amines is 1. The fourth-order valence-corrected chi connectivity index (χ4v) is 3.19. The summed E-state index contributed by atoms with van der Waals surface area (Å²) >= 11 is 6.14. The van der Waals surface area contributed by atoms with Crippen LogP contribution in [0.2, 0.25) is 5.02 Å². The van der Waals surface area contributed by atoms with E-state index in [2.05, 4.69) is 47.0 Å². The minimum atomic E-state index is 0.258. The Morgan fingerprint density at radius 3 is 2.67 bits per heavy atom. The number of aromatic nitrogens is 3. The molecular weight excluding hydrogens is 320 g/mol. The van der Waals surface area contributed by atoms with E-state index in [1.807, 2.05) is 24.3 Å². The summed E-state index contributed by atoms with van der Waals surface area (Å²) in [4.78, 5) is 12.4. The van der Waals surface area contributed by atoms with Crippen molar-refractivity contribution in [1.82, 2.24) is 15.0 Å². The second kappa shape index (κ2) is 5.49.